The van der Waals surface area contributed by atoms with Crippen molar-refractivity contribution >= 4 is 17.4 Å². The Labute approximate surface area is 141 Å². The van der Waals surface area contributed by atoms with Crippen LogP contribution in [0.1, 0.15) is 5.76 Å². The van der Waals surface area contributed by atoms with Gasteiger partial charge in [0.2, 0.25) is 0 Å². The number of nitro groups is 1. The average molecular weight is 346 g/mol. The number of hydrogen-bond acceptors (Lipinski definition) is 7. The van der Waals surface area contributed by atoms with Crippen LogP contribution in [-0.4, -0.2) is 32.0 Å². The second kappa shape index (κ2) is 7.64. The number of thioether (sulfide) groups is 1. The van der Waals surface area contributed by atoms with Crippen LogP contribution in [0, 0.1) is 10.1 Å². The molecule has 0 unspecified atom stereocenters. The van der Waals surface area contributed by atoms with Crippen LogP contribution < -0.4 is 4.74 Å². The average Bonchev–Trinajstić information content (AvgIpc) is 3.24. The van der Waals surface area contributed by atoms with Crippen molar-refractivity contribution in [2.24, 2.45) is 0 Å². The number of rotatable bonds is 8. The highest BCUT2D eigenvalue weighted by Crippen LogP contribution is 2.26. The molecule has 0 fully saturated rings. The van der Waals surface area contributed by atoms with Crippen LogP contribution in [0.3, 0.4) is 0 Å². The van der Waals surface area contributed by atoms with E-state index < -0.39 is 4.92 Å². The minimum atomic E-state index is -0.456. The largest absolute Gasteiger partial charge is 0.486 e. The molecule has 0 aliphatic carbocycles. The predicted molar refractivity (Wildman–Crippen MR) is 87.1 cm³/mol. The van der Waals surface area contributed by atoms with E-state index in [2.05, 4.69) is 10.2 Å². The number of ether oxygens (including phenoxy) is 1. The molecule has 2 aromatic heterocycles. The zero-order chi connectivity index (χ0) is 16.8. The van der Waals surface area contributed by atoms with E-state index in [0.29, 0.717) is 18.9 Å². The summed E-state index contributed by atoms with van der Waals surface area (Å²) in [5, 5.41) is 19.6. The number of hydrogen-bond donors (Lipinski definition) is 0. The quantitative estimate of drug-likeness (QED) is 0.268. The summed E-state index contributed by atoms with van der Waals surface area (Å²) in [4.78, 5) is 10.5. The van der Waals surface area contributed by atoms with E-state index in [1.165, 1.54) is 17.8 Å². The van der Waals surface area contributed by atoms with Gasteiger partial charge in [-0.15, -0.1) is 10.2 Å². The maximum Gasteiger partial charge on any atom is 0.310 e. The van der Waals surface area contributed by atoms with Crippen LogP contribution in [-0.2, 0) is 6.54 Å². The first-order chi connectivity index (χ1) is 11.7. The summed E-state index contributed by atoms with van der Waals surface area (Å²) >= 11 is 1.46. The third kappa shape index (κ3) is 3.93. The monoisotopic (exact) mass is 346 g/mol. The maximum absolute atomic E-state index is 10.9. The Kier molecular flexibility index (Phi) is 5.12. The SMILES string of the molecule is O=[N+]([O-])c1ccccc1OCCSc1nncn1Cc1ccco1. The lowest BCUT2D eigenvalue weighted by Crippen LogP contribution is -2.04. The molecule has 0 saturated heterocycles. The van der Waals surface area contributed by atoms with Gasteiger partial charge in [-0.3, -0.25) is 10.1 Å². The molecule has 124 valence electrons. The Hall–Kier alpha value is -2.81. The fraction of sp³-hybridized carbons (Fsp3) is 0.200. The van der Waals surface area contributed by atoms with Gasteiger partial charge in [0.1, 0.15) is 12.1 Å². The van der Waals surface area contributed by atoms with Crippen LogP contribution in [0.25, 0.3) is 0 Å². The van der Waals surface area contributed by atoms with Crippen molar-refractivity contribution in [3.05, 3.63) is 64.9 Å². The molecule has 9 heteroatoms. The molecule has 2 heterocycles. The molecular weight excluding hydrogens is 332 g/mol. The molecule has 8 nitrogen and oxygen atoms in total. The minimum absolute atomic E-state index is 0.0384. The third-order valence-corrected chi connectivity index (χ3v) is 4.07. The van der Waals surface area contributed by atoms with Crippen LogP contribution in [0.5, 0.6) is 5.75 Å². The Balaban J connectivity index is 1.53. The molecule has 0 atom stereocenters. The van der Waals surface area contributed by atoms with Gasteiger partial charge >= 0.3 is 5.69 Å². The minimum Gasteiger partial charge on any atom is -0.486 e. The second-order valence-electron chi connectivity index (χ2n) is 4.74. The highest BCUT2D eigenvalue weighted by atomic mass is 32.2. The van der Waals surface area contributed by atoms with Crippen molar-refractivity contribution < 1.29 is 14.1 Å². The number of nitro benzene ring substituents is 1. The molecule has 0 bridgehead atoms. The number of nitrogens with zero attached hydrogens (tertiary/aromatic N) is 4. The van der Waals surface area contributed by atoms with Gasteiger partial charge in [0.15, 0.2) is 10.9 Å². The molecule has 0 aliphatic rings. The molecular formula is C15H14N4O4S. The van der Waals surface area contributed by atoms with Crippen molar-refractivity contribution in [3.63, 3.8) is 0 Å². The van der Waals surface area contributed by atoms with Gasteiger partial charge in [-0.05, 0) is 18.2 Å². The fourth-order valence-electron chi connectivity index (χ4n) is 2.05. The summed E-state index contributed by atoms with van der Waals surface area (Å²) in [7, 11) is 0. The zero-order valence-corrected chi connectivity index (χ0v) is 13.4. The van der Waals surface area contributed by atoms with Crippen LogP contribution >= 0.6 is 11.8 Å². The molecule has 3 aromatic rings. The van der Waals surface area contributed by atoms with E-state index in [1.807, 2.05) is 16.7 Å². The highest BCUT2D eigenvalue weighted by Gasteiger charge is 2.13. The Bertz CT molecular complexity index is 803. The fourth-order valence-corrected chi connectivity index (χ4v) is 2.78. The van der Waals surface area contributed by atoms with Gasteiger partial charge in [0.25, 0.3) is 0 Å². The van der Waals surface area contributed by atoms with Gasteiger partial charge in [0, 0.05) is 11.8 Å². The van der Waals surface area contributed by atoms with E-state index in [-0.39, 0.29) is 11.4 Å². The van der Waals surface area contributed by atoms with Crippen LogP contribution in [0.15, 0.2) is 58.6 Å². The summed E-state index contributed by atoms with van der Waals surface area (Å²) < 4.78 is 12.7. The van der Waals surface area contributed by atoms with E-state index >= 15 is 0 Å². The van der Waals surface area contributed by atoms with Crippen molar-refractivity contribution in [2.45, 2.75) is 11.7 Å². The first kappa shape index (κ1) is 16.1. The smallest absolute Gasteiger partial charge is 0.310 e. The van der Waals surface area contributed by atoms with Crippen molar-refractivity contribution in [1.29, 1.82) is 0 Å². The lowest BCUT2D eigenvalue weighted by Gasteiger charge is -2.07. The van der Waals surface area contributed by atoms with Crippen molar-refractivity contribution in [3.8, 4) is 5.75 Å². The van der Waals surface area contributed by atoms with Crippen LogP contribution in [0.4, 0.5) is 5.69 Å². The number of furan rings is 1. The number of aromatic nitrogens is 3. The molecule has 0 radical (unpaired) electrons. The molecule has 0 N–H and O–H groups in total. The van der Waals surface area contributed by atoms with Gasteiger partial charge in [0.05, 0.1) is 24.3 Å². The predicted octanol–water partition coefficient (Wildman–Crippen LogP) is 3.00. The standard InChI is InChI=1S/C15H14N4O4S/c20-19(21)13-5-1-2-6-14(13)23-8-9-24-15-17-16-11-18(15)10-12-4-3-7-22-12/h1-7,11H,8-10H2. The lowest BCUT2D eigenvalue weighted by atomic mass is 10.3. The first-order valence-corrected chi connectivity index (χ1v) is 8.12. The number of benzene rings is 1. The van der Waals surface area contributed by atoms with Gasteiger partial charge in [-0.1, -0.05) is 23.9 Å². The second-order valence-corrected chi connectivity index (χ2v) is 5.80. The number of para-hydroxylation sites is 2. The van der Waals surface area contributed by atoms with E-state index in [4.69, 9.17) is 9.15 Å². The molecule has 3 rings (SSSR count). The normalized spacial score (nSPS) is 10.7. The summed E-state index contributed by atoms with van der Waals surface area (Å²) in [6.07, 6.45) is 3.25. The molecule has 0 spiro atoms. The topological polar surface area (TPSA) is 96.2 Å². The Morgan fingerprint density at radius 1 is 1.29 bits per heavy atom. The van der Waals surface area contributed by atoms with Gasteiger partial charge < -0.3 is 13.7 Å². The molecule has 0 saturated carbocycles. The zero-order valence-electron chi connectivity index (χ0n) is 12.6. The van der Waals surface area contributed by atoms with E-state index in [0.717, 1.165) is 10.9 Å². The molecule has 24 heavy (non-hydrogen) atoms. The molecule has 0 amide bonds. The Morgan fingerprint density at radius 3 is 2.96 bits per heavy atom. The van der Waals surface area contributed by atoms with Gasteiger partial charge in [-0.2, -0.15) is 0 Å². The molecule has 0 aliphatic heterocycles. The third-order valence-electron chi connectivity index (χ3n) is 3.12. The summed E-state index contributed by atoms with van der Waals surface area (Å²) in [5.41, 5.74) is -0.0384. The summed E-state index contributed by atoms with van der Waals surface area (Å²) in [5.74, 6) is 1.66. The summed E-state index contributed by atoms with van der Waals surface area (Å²) in [6.45, 7) is 0.872. The van der Waals surface area contributed by atoms with E-state index in [9.17, 15) is 10.1 Å². The first-order valence-electron chi connectivity index (χ1n) is 7.13. The van der Waals surface area contributed by atoms with Crippen molar-refractivity contribution in [1.82, 2.24) is 14.8 Å². The van der Waals surface area contributed by atoms with Gasteiger partial charge in [-0.25, -0.2) is 0 Å². The molecule has 1 aromatic carbocycles. The Morgan fingerprint density at radius 2 is 2.17 bits per heavy atom. The maximum atomic E-state index is 10.9. The summed E-state index contributed by atoms with van der Waals surface area (Å²) in [6, 6.07) is 10.0. The van der Waals surface area contributed by atoms with Crippen molar-refractivity contribution in [2.75, 3.05) is 12.4 Å². The van der Waals surface area contributed by atoms with E-state index in [1.54, 1.807) is 30.8 Å². The lowest BCUT2D eigenvalue weighted by molar-refractivity contribution is -0.385. The van der Waals surface area contributed by atoms with Crippen LogP contribution in [0.2, 0.25) is 0 Å². The highest BCUT2D eigenvalue weighted by molar-refractivity contribution is 7.99.